The molecule has 0 spiro atoms. The van der Waals surface area contributed by atoms with Gasteiger partial charge in [-0.3, -0.25) is 4.79 Å². The summed E-state index contributed by atoms with van der Waals surface area (Å²) in [5.74, 6) is -0.0165. The van der Waals surface area contributed by atoms with Crippen LogP contribution in [-0.2, 0) is 6.42 Å². The van der Waals surface area contributed by atoms with Gasteiger partial charge in [0.25, 0.3) is 5.91 Å². The average molecular weight is 260 g/mol. The highest BCUT2D eigenvalue weighted by molar-refractivity contribution is 7.09. The summed E-state index contributed by atoms with van der Waals surface area (Å²) in [7, 11) is 0. The number of carbonyl (C=O) groups is 1. The smallest absolute Gasteiger partial charge is 0.251 e. The zero-order chi connectivity index (χ0) is 13.0. The number of benzene rings is 1. The molecule has 3 nitrogen and oxygen atoms in total. The molecule has 1 heterocycles. The van der Waals surface area contributed by atoms with Gasteiger partial charge in [0.1, 0.15) is 0 Å². The van der Waals surface area contributed by atoms with Crippen LogP contribution in [0.3, 0.4) is 0 Å². The Morgan fingerprint density at radius 1 is 1.28 bits per heavy atom. The number of thiazole rings is 1. The lowest BCUT2D eigenvalue weighted by Gasteiger charge is -2.05. The fraction of sp³-hybridized carbons (Fsp3) is 0.286. The van der Waals surface area contributed by atoms with Gasteiger partial charge < -0.3 is 5.32 Å². The molecule has 2 rings (SSSR count). The molecule has 0 unspecified atom stereocenters. The molecular formula is C14H16N2OS. The predicted molar refractivity (Wildman–Crippen MR) is 74.1 cm³/mol. The van der Waals surface area contributed by atoms with Crippen LogP contribution in [0.2, 0.25) is 0 Å². The Kier molecular flexibility index (Phi) is 4.10. The molecule has 0 aliphatic rings. The number of carbonyl (C=O) groups excluding carboxylic acids is 1. The zero-order valence-corrected chi connectivity index (χ0v) is 11.4. The third kappa shape index (κ3) is 3.17. The van der Waals surface area contributed by atoms with Crippen molar-refractivity contribution in [2.45, 2.75) is 20.3 Å². The molecule has 1 aromatic carbocycles. The van der Waals surface area contributed by atoms with Crippen molar-refractivity contribution in [3.8, 4) is 0 Å². The summed E-state index contributed by atoms with van der Waals surface area (Å²) in [6, 6.07) is 7.59. The molecule has 2 aromatic rings. The van der Waals surface area contributed by atoms with E-state index in [2.05, 4.69) is 10.3 Å². The van der Waals surface area contributed by atoms with Gasteiger partial charge in [-0.1, -0.05) is 17.7 Å². The Balaban J connectivity index is 1.85. The summed E-state index contributed by atoms with van der Waals surface area (Å²) in [6.07, 6.45) is 0.841. The van der Waals surface area contributed by atoms with Crippen LogP contribution in [0.5, 0.6) is 0 Å². The van der Waals surface area contributed by atoms with E-state index in [1.165, 1.54) is 4.88 Å². The number of nitrogens with zero attached hydrogens (tertiary/aromatic N) is 1. The van der Waals surface area contributed by atoms with Crippen molar-refractivity contribution in [2.75, 3.05) is 6.54 Å². The van der Waals surface area contributed by atoms with E-state index in [1.807, 2.05) is 43.6 Å². The molecule has 0 atom stereocenters. The van der Waals surface area contributed by atoms with Crippen LogP contribution in [-0.4, -0.2) is 17.4 Å². The first-order valence-electron chi connectivity index (χ1n) is 5.90. The summed E-state index contributed by atoms with van der Waals surface area (Å²) in [5, 5.41) is 2.92. The highest BCUT2D eigenvalue weighted by Gasteiger charge is 2.05. The maximum atomic E-state index is 11.8. The lowest BCUT2D eigenvalue weighted by atomic mass is 10.1. The number of hydrogen-bond donors (Lipinski definition) is 1. The van der Waals surface area contributed by atoms with Crippen LogP contribution in [0.1, 0.15) is 26.5 Å². The Morgan fingerprint density at radius 2 is 2.00 bits per heavy atom. The van der Waals surface area contributed by atoms with Gasteiger partial charge >= 0.3 is 0 Å². The van der Waals surface area contributed by atoms with E-state index in [-0.39, 0.29) is 5.91 Å². The van der Waals surface area contributed by atoms with Gasteiger partial charge in [-0.05, 0) is 26.0 Å². The third-order valence-corrected chi connectivity index (χ3v) is 3.79. The quantitative estimate of drug-likeness (QED) is 0.918. The highest BCUT2D eigenvalue weighted by atomic mass is 32.1. The Morgan fingerprint density at radius 3 is 2.61 bits per heavy atom. The highest BCUT2D eigenvalue weighted by Crippen LogP contribution is 2.12. The minimum Gasteiger partial charge on any atom is -0.352 e. The first-order chi connectivity index (χ1) is 8.66. The van der Waals surface area contributed by atoms with Crippen molar-refractivity contribution in [3.63, 3.8) is 0 Å². The van der Waals surface area contributed by atoms with Crippen molar-refractivity contribution < 1.29 is 4.79 Å². The minimum absolute atomic E-state index is 0.0165. The van der Waals surface area contributed by atoms with Crippen molar-refractivity contribution in [3.05, 3.63) is 51.5 Å². The van der Waals surface area contributed by atoms with Gasteiger partial charge in [-0.15, -0.1) is 11.3 Å². The molecule has 0 fully saturated rings. The van der Waals surface area contributed by atoms with Gasteiger partial charge in [-0.25, -0.2) is 4.98 Å². The van der Waals surface area contributed by atoms with Gasteiger partial charge in [-0.2, -0.15) is 0 Å². The predicted octanol–water partition coefficient (Wildman–Crippen LogP) is 2.73. The molecule has 0 saturated heterocycles. The van der Waals surface area contributed by atoms with Crippen molar-refractivity contribution >= 4 is 17.2 Å². The maximum absolute atomic E-state index is 11.8. The zero-order valence-electron chi connectivity index (χ0n) is 10.6. The second-order valence-corrected chi connectivity index (χ2v) is 5.17. The maximum Gasteiger partial charge on any atom is 0.251 e. The van der Waals surface area contributed by atoms with E-state index in [0.29, 0.717) is 12.1 Å². The van der Waals surface area contributed by atoms with Crippen LogP contribution >= 0.6 is 11.3 Å². The Bertz CT molecular complexity index is 531. The molecule has 0 aliphatic carbocycles. The second-order valence-electron chi connectivity index (χ2n) is 4.23. The number of rotatable bonds is 4. The summed E-state index contributed by atoms with van der Waals surface area (Å²) in [6.45, 7) is 4.65. The lowest BCUT2D eigenvalue weighted by Crippen LogP contribution is -2.25. The first kappa shape index (κ1) is 12.8. The third-order valence-electron chi connectivity index (χ3n) is 2.80. The average Bonchev–Trinajstić information content (AvgIpc) is 2.76. The topological polar surface area (TPSA) is 42.0 Å². The summed E-state index contributed by atoms with van der Waals surface area (Å²) in [5.41, 5.74) is 4.77. The van der Waals surface area contributed by atoms with Crippen LogP contribution in [0.25, 0.3) is 0 Å². The molecule has 4 heteroatoms. The molecule has 18 heavy (non-hydrogen) atoms. The monoisotopic (exact) mass is 260 g/mol. The summed E-state index contributed by atoms with van der Waals surface area (Å²) < 4.78 is 0. The van der Waals surface area contributed by atoms with Gasteiger partial charge in [0, 0.05) is 23.4 Å². The molecule has 0 aliphatic heterocycles. The van der Waals surface area contributed by atoms with E-state index >= 15 is 0 Å². The Labute approximate surface area is 111 Å². The molecule has 1 amide bonds. The second kappa shape index (κ2) is 5.78. The fourth-order valence-corrected chi connectivity index (χ4v) is 2.44. The molecule has 0 bridgehead atoms. The Hall–Kier alpha value is -1.68. The largest absolute Gasteiger partial charge is 0.352 e. The van der Waals surface area contributed by atoms with E-state index in [1.54, 1.807) is 11.3 Å². The molecule has 0 saturated carbocycles. The number of aromatic nitrogens is 1. The minimum atomic E-state index is -0.0165. The van der Waals surface area contributed by atoms with Gasteiger partial charge in [0.15, 0.2) is 0 Å². The van der Waals surface area contributed by atoms with Crippen molar-refractivity contribution in [1.29, 1.82) is 0 Å². The molecule has 0 radical (unpaired) electrons. The van der Waals surface area contributed by atoms with Crippen molar-refractivity contribution in [2.24, 2.45) is 0 Å². The number of nitrogens with one attached hydrogen (secondary N) is 1. The molecule has 94 valence electrons. The van der Waals surface area contributed by atoms with Crippen LogP contribution in [0.15, 0.2) is 29.8 Å². The SMILES string of the molecule is Cc1ccc(C(=O)NCCc2scnc2C)cc1. The summed E-state index contributed by atoms with van der Waals surface area (Å²) in [4.78, 5) is 17.3. The number of hydrogen-bond acceptors (Lipinski definition) is 3. The van der Waals surface area contributed by atoms with Gasteiger partial charge in [0.05, 0.1) is 11.2 Å². The molecule has 1 aromatic heterocycles. The van der Waals surface area contributed by atoms with Crippen LogP contribution < -0.4 is 5.32 Å². The first-order valence-corrected chi connectivity index (χ1v) is 6.78. The normalized spacial score (nSPS) is 10.3. The van der Waals surface area contributed by atoms with Crippen LogP contribution in [0, 0.1) is 13.8 Å². The fourth-order valence-electron chi connectivity index (χ4n) is 1.66. The molecular weight excluding hydrogens is 244 g/mol. The van der Waals surface area contributed by atoms with Crippen LogP contribution in [0.4, 0.5) is 0 Å². The standard InChI is InChI=1S/C14H16N2OS/c1-10-3-5-12(6-4-10)14(17)15-8-7-13-11(2)16-9-18-13/h3-6,9H,7-8H2,1-2H3,(H,15,17). The lowest BCUT2D eigenvalue weighted by molar-refractivity contribution is 0.0954. The number of amides is 1. The van der Waals surface area contributed by atoms with E-state index in [4.69, 9.17) is 0 Å². The van der Waals surface area contributed by atoms with E-state index in [9.17, 15) is 4.79 Å². The summed E-state index contributed by atoms with van der Waals surface area (Å²) >= 11 is 1.64. The van der Waals surface area contributed by atoms with E-state index < -0.39 is 0 Å². The molecule has 1 N–H and O–H groups in total. The van der Waals surface area contributed by atoms with Crippen molar-refractivity contribution in [1.82, 2.24) is 10.3 Å². The number of aryl methyl sites for hydroxylation is 2. The van der Waals surface area contributed by atoms with Gasteiger partial charge in [0.2, 0.25) is 0 Å². The van der Waals surface area contributed by atoms with E-state index in [0.717, 1.165) is 17.7 Å².